The van der Waals surface area contributed by atoms with Crippen molar-refractivity contribution in [2.75, 3.05) is 12.4 Å². The average molecular weight is 342 g/mol. The van der Waals surface area contributed by atoms with E-state index in [9.17, 15) is 9.59 Å². The third-order valence-electron chi connectivity index (χ3n) is 3.73. The molecule has 0 aliphatic heterocycles. The second-order valence-electron chi connectivity index (χ2n) is 5.50. The van der Waals surface area contributed by atoms with Crippen LogP contribution in [0.3, 0.4) is 0 Å². The summed E-state index contributed by atoms with van der Waals surface area (Å²) >= 11 is 1.58. The number of anilines is 1. The van der Waals surface area contributed by atoms with Crippen LogP contribution in [0, 0.1) is 0 Å². The summed E-state index contributed by atoms with van der Waals surface area (Å²) in [6, 6.07) is 8.51. The largest absolute Gasteiger partial charge is 0.354 e. The monoisotopic (exact) mass is 342 g/mol. The first-order chi connectivity index (χ1) is 11.6. The lowest BCUT2D eigenvalue weighted by atomic mass is 10.1. The number of carbonyl (C=O) groups excluding carboxylic acids is 2. The number of H-pyrrole nitrogens is 1. The van der Waals surface area contributed by atoms with Gasteiger partial charge in [0.2, 0.25) is 5.91 Å². The van der Waals surface area contributed by atoms with Gasteiger partial charge in [0.1, 0.15) is 5.69 Å². The van der Waals surface area contributed by atoms with Gasteiger partial charge in [0, 0.05) is 23.6 Å². The number of benzene rings is 1. The highest BCUT2D eigenvalue weighted by molar-refractivity contribution is 7.07. The van der Waals surface area contributed by atoms with Crippen LogP contribution in [0.25, 0.3) is 10.9 Å². The minimum atomic E-state index is -0.608. The molecule has 124 valence electrons. The topological polar surface area (TPSA) is 100 Å². The van der Waals surface area contributed by atoms with Gasteiger partial charge < -0.3 is 21.4 Å². The molecule has 6 nitrogen and oxygen atoms in total. The maximum Gasteiger partial charge on any atom is 0.267 e. The molecule has 5 N–H and O–H groups in total. The maximum atomic E-state index is 12.2. The summed E-state index contributed by atoms with van der Waals surface area (Å²) in [7, 11) is 1.58. The predicted octanol–water partition coefficient (Wildman–Crippen LogP) is 2.10. The van der Waals surface area contributed by atoms with E-state index in [1.165, 1.54) is 0 Å². The summed E-state index contributed by atoms with van der Waals surface area (Å²) in [5, 5.41) is 10.2. The van der Waals surface area contributed by atoms with Crippen LogP contribution in [-0.2, 0) is 11.2 Å². The number of fused-ring (bicyclic) bond motifs is 1. The lowest BCUT2D eigenvalue weighted by Crippen LogP contribution is -2.37. The van der Waals surface area contributed by atoms with Gasteiger partial charge in [-0.25, -0.2) is 0 Å². The first kappa shape index (κ1) is 16.2. The Hall–Kier alpha value is -2.64. The first-order valence-corrected chi connectivity index (χ1v) is 8.43. The highest BCUT2D eigenvalue weighted by Gasteiger charge is 2.15. The fourth-order valence-electron chi connectivity index (χ4n) is 2.46. The predicted molar refractivity (Wildman–Crippen MR) is 96.3 cm³/mol. The van der Waals surface area contributed by atoms with Crippen LogP contribution < -0.4 is 16.4 Å². The molecule has 7 heteroatoms. The SMILES string of the molecule is CNC(=O)c1cc2cc(NC(=O)C(N)Cc3ccsc3)ccc2[nH]1. The Morgan fingerprint density at radius 1 is 1.29 bits per heavy atom. The van der Waals surface area contributed by atoms with Crippen LogP contribution in [-0.4, -0.2) is 29.9 Å². The Morgan fingerprint density at radius 2 is 2.12 bits per heavy atom. The van der Waals surface area contributed by atoms with E-state index < -0.39 is 6.04 Å². The highest BCUT2D eigenvalue weighted by atomic mass is 32.1. The molecule has 2 heterocycles. The van der Waals surface area contributed by atoms with Crippen LogP contribution in [0.1, 0.15) is 16.1 Å². The molecular weight excluding hydrogens is 324 g/mol. The van der Waals surface area contributed by atoms with Gasteiger partial charge in [0.25, 0.3) is 5.91 Å². The van der Waals surface area contributed by atoms with E-state index in [2.05, 4.69) is 15.6 Å². The van der Waals surface area contributed by atoms with Crippen LogP contribution in [0.15, 0.2) is 41.1 Å². The van der Waals surface area contributed by atoms with Crippen LogP contribution >= 0.6 is 11.3 Å². The number of nitrogens with two attached hydrogens (primary N) is 1. The molecule has 1 aromatic carbocycles. The Balaban J connectivity index is 1.72. The molecule has 1 atom stereocenters. The van der Waals surface area contributed by atoms with Crippen LogP contribution in [0.5, 0.6) is 0 Å². The Bertz CT molecular complexity index is 870. The molecule has 2 amide bonds. The van der Waals surface area contributed by atoms with Crippen molar-refractivity contribution in [3.8, 4) is 0 Å². The summed E-state index contributed by atoms with van der Waals surface area (Å²) in [5.74, 6) is -0.419. The van der Waals surface area contributed by atoms with Crippen molar-refractivity contribution in [3.05, 3.63) is 52.3 Å². The molecule has 0 radical (unpaired) electrons. The number of rotatable bonds is 5. The molecule has 0 aliphatic rings. The number of amides is 2. The standard InChI is InChI=1S/C17H18N4O2S/c1-19-17(23)15-8-11-7-12(2-3-14(11)21-15)20-16(22)13(18)6-10-4-5-24-9-10/h2-5,7-9,13,21H,6,18H2,1H3,(H,19,23)(H,20,22). The second kappa shape index (κ2) is 6.86. The van der Waals surface area contributed by atoms with E-state index in [0.717, 1.165) is 16.5 Å². The number of aromatic amines is 1. The molecular formula is C17H18N4O2S. The van der Waals surface area contributed by atoms with E-state index in [4.69, 9.17) is 5.73 Å². The van der Waals surface area contributed by atoms with E-state index in [1.54, 1.807) is 30.5 Å². The van der Waals surface area contributed by atoms with Crippen molar-refractivity contribution in [2.24, 2.45) is 5.73 Å². The third-order valence-corrected chi connectivity index (χ3v) is 4.46. The lowest BCUT2D eigenvalue weighted by Gasteiger charge is -2.11. The van der Waals surface area contributed by atoms with Gasteiger partial charge >= 0.3 is 0 Å². The van der Waals surface area contributed by atoms with Gasteiger partial charge in [-0.05, 0) is 53.1 Å². The Labute approximate surface area is 143 Å². The summed E-state index contributed by atoms with van der Waals surface area (Å²) in [6.45, 7) is 0. The molecule has 0 fully saturated rings. The van der Waals surface area contributed by atoms with Crippen molar-refractivity contribution in [1.82, 2.24) is 10.3 Å². The van der Waals surface area contributed by atoms with Gasteiger partial charge in [-0.3, -0.25) is 9.59 Å². The van der Waals surface area contributed by atoms with Gasteiger partial charge in [-0.15, -0.1) is 0 Å². The second-order valence-corrected chi connectivity index (χ2v) is 6.28. The fourth-order valence-corrected chi connectivity index (χ4v) is 3.14. The van der Waals surface area contributed by atoms with Gasteiger partial charge in [0.15, 0.2) is 0 Å². The van der Waals surface area contributed by atoms with Crippen molar-refractivity contribution in [2.45, 2.75) is 12.5 Å². The van der Waals surface area contributed by atoms with Crippen molar-refractivity contribution >= 4 is 39.7 Å². The first-order valence-electron chi connectivity index (χ1n) is 7.49. The normalized spacial score (nSPS) is 12.1. The molecule has 0 aliphatic carbocycles. The number of nitrogens with one attached hydrogen (secondary N) is 3. The van der Waals surface area contributed by atoms with Crippen molar-refractivity contribution < 1.29 is 9.59 Å². The smallest absolute Gasteiger partial charge is 0.267 e. The van der Waals surface area contributed by atoms with Crippen molar-refractivity contribution in [1.29, 1.82) is 0 Å². The Kier molecular flexibility index (Phi) is 4.64. The number of hydrogen-bond acceptors (Lipinski definition) is 4. The number of carbonyl (C=O) groups is 2. The molecule has 3 rings (SSSR count). The van der Waals surface area contributed by atoms with E-state index in [1.807, 2.05) is 29.0 Å². The molecule has 24 heavy (non-hydrogen) atoms. The number of aromatic nitrogens is 1. The van der Waals surface area contributed by atoms with E-state index in [-0.39, 0.29) is 11.8 Å². The zero-order chi connectivity index (χ0) is 17.1. The molecule has 2 aromatic heterocycles. The number of thiophene rings is 1. The zero-order valence-corrected chi connectivity index (χ0v) is 13.9. The average Bonchev–Trinajstić information content (AvgIpc) is 3.22. The Morgan fingerprint density at radius 3 is 2.83 bits per heavy atom. The van der Waals surface area contributed by atoms with E-state index >= 15 is 0 Å². The van der Waals surface area contributed by atoms with Gasteiger partial charge in [0.05, 0.1) is 6.04 Å². The van der Waals surface area contributed by atoms with Gasteiger partial charge in [-0.2, -0.15) is 11.3 Å². The summed E-state index contributed by atoms with van der Waals surface area (Å²) in [4.78, 5) is 26.9. The van der Waals surface area contributed by atoms with Crippen molar-refractivity contribution in [3.63, 3.8) is 0 Å². The minimum Gasteiger partial charge on any atom is -0.354 e. The van der Waals surface area contributed by atoms with Crippen LogP contribution in [0.4, 0.5) is 5.69 Å². The molecule has 0 bridgehead atoms. The zero-order valence-electron chi connectivity index (χ0n) is 13.1. The molecule has 3 aromatic rings. The molecule has 0 saturated heterocycles. The lowest BCUT2D eigenvalue weighted by molar-refractivity contribution is -0.117. The molecule has 0 spiro atoms. The van der Waals surface area contributed by atoms with Crippen LogP contribution in [0.2, 0.25) is 0 Å². The summed E-state index contributed by atoms with van der Waals surface area (Å²) in [5.41, 5.74) is 8.97. The maximum absolute atomic E-state index is 12.2. The summed E-state index contributed by atoms with van der Waals surface area (Å²) in [6.07, 6.45) is 0.503. The summed E-state index contributed by atoms with van der Waals surface area (Å²) < 4.78 is 0. The third kappa shape index (κ3) is 3.47. The molecule has 0 saturated carbocycles. The van der Waals surface area contributed by atoms with Gasteiger partial charge in [-0.1, -0.05) is 0 Å². The quantitative estimate of drug-likeness (QED) is 0.571. The molecule has 1 unspecified atom stereocenters. The number of hydrogen-bond donors (Lipinski definition) is 4. The van der Waals surface area contributed by atoms with E-state index in [0.29, 0.717) is 17.8 Å². The fraction of sp³-hybridized carbons (Fsp3) is 0.176. The highest BCUT2D eigenvalue weighted by Crippen LogP contribution is 2.20. The minimum absolute atomic E-state index is 0.186.